The maximum atomic E-state index is 12.5. The fraction of sp³-hybridized carbons (Fsp3) is 0.348. The summed E-state index contributed by atoms with van der Waals surface area (Å²) in [5, 5.41) is 12.0. The summed E-state index contributed by atoms with van der Waals surface area (Å²) in [7, 11) is 3.12. The Kier molecular flexibility index (Phi) is 7.99. The van der Waals surface area contributed by atoms with Crippen LogP contribution in [0.1, 0.15) is 23.9 Å². The van der Waals surface area contributed by atoms with Crippen LogP contribution >= 0.6 is 11.8 Å². The lowest BCUT2D eigenvalue weighted by atomic mass is 10.1. The van der Waals surface area contributed by atoms with Crippen molar-refractivity contribution in [2.45, 2.75) is 39.1 Å². The normalized spacial score (nSPS) is 10.7. The van der Waals surface area contributed by atoms with Gasteiger partial charge in [-0.15, -0.1) is 10.2 Å². The van der Waals surface area contributed by atoms with Crippen molar-refractivity contribution in [3.63, 3.8) is 0 Å². The molecule has 0 spiro atoms. The number of nitrogens with one attached hydrogen (secondary N) is 1. The average molecular weight is 457 g/mol. The number of carbonyl (C=O) groups excluding carboxylic acids is 1. The van der Waals surface area contributed by atoms with E-state index in [-0.39, 0.29) is 11.7 Å². The molecule has 1 aromatic heterocycles. The Balaban J connectivity index is 1.61. The highest BCUT2D eigenvalue weighted by Gasteiger charge is 2.15. The van der Waals surface area contributed by atoms with Gasteiger partial charge >= 0.3 is 0 Å². The van der Waals surface area contributed by atoms with Crippen molar-refractivity contribution in [3.8, 4) is 17.2 Å². The largest absolute Gasteiger partial charge is 0.497 e. The van der Waals surface area contributed by atoms with E-state index in [0.717, 1.165) is 5.75 Å². The first-order chi connectivity index (χ1) is 15.4. The molecule has 1 heterocycles. The van der Waals surface area contributed by atoms with Crippen molar-refractivity contribution in [3.05, 3.63) is 53.3 Å². The Labute approximate surface area is 192 Å². The van der Waals surface area contributed by atoms with Crippen molar-refractivity contribution < 1.29 is 19.0 Å². The minimum atomic E-state index is -0.180. The zero-order valence-corrected chi connectivity index (χ0v) is 19.8. The Morgan fingerprint density at radius 3 is 2.50 bits per heavy atom. The summed E-state index contributed by atoms with van der Waals surface area (Å²) in [4.78, 5) is 12.5. The predicted octanol–water partition coefficient (Wildman–Crippen LogP) is 4.24. The van der Waals surface area contributed by atoms with Crippen molar-refractivity contribution in [1.29, 1.82) is 0 Å². The number of anilines is 1. The highest BCUT2D eigenvalue weighted by Crippen LogP contribution is 2.29. The Morgan fingerprint density at radius 1 is 1.03 bits per heavy atom. The van der Waals surface area contributed by atoms with Gasteiger partial charge in [-0.25, -0.2) is 0 Å². The Morgan fingerprint density at radius 2 is 1.81 bits per heavy atom. The van der Waals surface area contributed by atoms with Crippen molar-refractivity contribution in [1.82, 2.24) is 14.8 Å². The molecule has 0 aliphatic heterocycles. The molecule has 0 bridgehead atoms. The number of aryl methyl sites for hydroxylation is 2. The van der Waals surface area contributed by atoms with E-state index in [1.165, 1.54) is 22.9 Å². The molecule has 0 aliphatic rings. The monoisotopic (exact) mass is 456 g/mol. The first kappa shape index (κ1) is 23.5. The molecule has 0 radical (unpaired) electrons. The lowest BCUT2D eigenvalue weighted by molar-refractivity contribution is -0.113. The molecule has 0 fully saturated rings. The van der Waals surface area contributed by atoms with Gasteiger partial charge in [0.05, 0.1) is 25.7 Å². The zero-order valence-electron chi connectivity index (χ0n) is 19.0. The molecule has 0 saturated heterocycles. The minimum Gasteiger partial charge on any atom is -0.497 e. The molecule has 3 aromatic rings. The van der Waals surface area contributed by atoms with E-state index in [1.807, 2.05) is 29.7 Å². The van der Waals surface area contributed by atoms with Gasteiger partial charge in [0.25, 0.3) is 0 Å². The van der Waals surface area contributed by atoms with Crippen LogP contribution in [0.2, 0.25) is 0 Å². The SMILES string of the molecule is CCn1c(COc2ccc(C)c(C)c2)nnc1SCC(=O)Nc1cc(OC)ccc1OC. The van der Waals surface area contributed by atoms with Crippen LogP contribution in [0.25, 0.3) is 0 Å². The number of hydrogen-bond acceptors (Lipinski definition) is 7. The van der Waals surface area contributed by atoms with E-state index in [9.17, 15) is 4.79 Å². The van der Waals surface area contributed by atoms with Gasteiger partial charge in [0, 0.05) is 12.6 Å². The topological polar surface area (TPSA) is 87.5 Å². The third-order valence-electron chi connectivity index (χ3n) is 4.97. The molecule has 3 rings (SSSR count). The molecule has 0 atom stereocenters. The number of amides is 1. The maximum Gasteiger partial charge on any atom is 0.234 e. The third-order valence-corrected chi connectivity index (χ3v) is 5.94. The number of hydrogen-bond donors (Lipinski definition) is 1. The first-order valence-corrected chi connectivity index (χ1v) is 11.2. The Bertz CT molecular complexity index is 1080. The molecule has 1 N–H and O–H groups in total. The zero-order chi connectivity index (χ0) is 23.1. The second-order valence-electron chi connectivity index (χ2n) is 7.08. The van der Waals surface area contributed by atoms with Gasteiger partial charge in [0.2, 0.25) is 5.91 Å². The number of nitrogens with zero attached hydrogens (tertiary/aromatic N) is 3. The quantitative estimate of drug-likeness (QED) is 0.457. The van der Waals surface area contributed by atoms with Crippen LogP contribution in [-0.2, 0) is 17.9 Å². The van der Waals surface area contributed by atoms with E-state index in [1.54, 1.807) is 32.4 Å². The summed E-state index contributed by atoms with van der Waals surface area (Å²) >= 11 is 1.32. The molecule has 8 nitrogen and oxygen atoms in total. The van der Waals surface area contributed by atoms with Gasteiger partial charge in [-0.1, -0.05) is 17.8 Å². The van der Waals surface area contributed by atoms with E-state index in [4.69, 9.17) is 14.2 Å². The molecular weight excluding hydrogens is 428 g/mol. The summed E-state index contributed by atoms with van der Waals surface area (Å²) in [6.07, 6.45) is 0. The van der Waals surface area contributed by atoms with Crippen LogP contribution in [-0.4, -0.2) is 40.6 Å². The van der Waals surface area contributed by atoms with Crippen molar-refractivity contribution in [2.24, 2.45) is 0 Å². The van der Waals surface area contributed by atoms with Gasteiger partial charge in [0.1, 0.15) is 23.9 Å². The summed E-state index contributed by atoms with van der Waals surface area (Å²) in [6.45, 7) is 7.10. The van der Waals surface area contributed by atoms with E-state index < -0.39 is 0 Å². The van der Waals surface area contributed by atoms with Crippen LogP contribution in [0.3, 0.4) is 0 Å². The smallest absolute Gasteiger partial charge is 0.234 e. The van der Waals surface area contributed by atoms with Gasteiger partial charge in [-0.2, -0.15) is 0 Å². The number of carbonyl (C=O) groups is 1. The molecule has 170 valence electrons. The molecule has 9 heteroatoms. The van der Waals surface area contributed by atoms with Crippen molar-refractivity contribution >= 4 is 23.4 Å². The average Bonchev–Trinajstić information content (AvgIpc) is 3.20. The van der Waals surface area contributed by atoms with Crippen LogP contribution in [0, 0.1) is 13.8 Å². The van der Waals surface area contributed by atoms with Crippen LogP contribution < -0.4 is 19.5 Å². The van der Waals surface area contributed by atoms with Gasteiger partial charge in [-0.3, -0.25) is 4.79 Å². The van der Waals surface area contributed by atoms with Crippen LogP contribution in [0.5, 0.6) is 17.2 Å². The number of benzene rings is 2. The second kappa shape index (κ2) is 10.9. The minimum absolute atomic E-state index is 0.177. The highest BCUT2D eigenvalue weighted by molar-refractivity contribution is 7.99. The molecule has 0 aliphatic carbocycles. The molecule has 0 unspecified atom stereocenters. The van der Waals surface area contributed by atoms with E-state index in [0.29, 0.717) is 41.3 Å². The summed E-state index contributed by atoms with van der Waals surface area (Å²) in [5.74, 6) is 2.69. The summed E-state index contributed by atoms with van der Waals surface area (Å²) in [6, 6.07) is 11.2. The molecular formula is C23H28N4O4S. The molecule has 2 aromatic carbocycles. The first-order valence-electron chi connectivity index (χ1n) is 10.2. The predicted molar refractivity (Wildman–Crippen MR) is 125 cm³/mol. The van der Waals surface area contributed by atoms with Crippen molar-refractivity contribution in [2.75, 3.05) is 25.3 Å². The number of aromatic nitrogens is 3. The fourth-order valence-electron chi connectivity index (χ4n) is 3.03. The fourth-order valence-corrected chi connectivity index (χ4v) is 3.85. The maximum absolute atomic E-state index is 12.5. The Hall–Kier alpha value is -3.20. The van der Waals surface area contributed by atoms with E-state index >= 15 is 0 Å². The molecule has 0 saturated carbocycles. The number of methoxy groups -OCH3 is 2. The van der Waals surface area contributed by atoms with Crippen LogP contribution in [0.4, 0.5) is 5.69 Å². The van der Waals surface area contributed by atoms with Gasteiger partial charge in [-0.05, 0) is 56.2 Å². The third kappa shape index (κ3) is 5.73. The second-order valence-corrected chi connectivity index (χ2v) is 8.02. The standard InChI is InChI=1S/C23H28N4O4S/c1-6-27-21(13-31-18-8-7-15(2)16(3)11-18)25-26-23(27)32-14-22(28)24-19-12-17(29-4)9-10-20(19)30-5/h7-12H,6,13-14H2,1-5H3,(H,24,28). The number of thioether (sulfide) groups is 1. The summed E-state index contributed by atoms with van der Waals surface area (Å²) in [5.41, 5.74) is 2.95. The molecule has 1 amide bonds. The van der Waals surface area contributed by atoms with Gasteiger partial charge in [0.15, 0.2) is 11.0 Å². The lowest BCUT2D eigenvalue weighted by Gasteiger charge is -2.12. The van der Waals surface area contributed by atoms with Crippen LogP contribution in [0.15, 0.2) is 41.6 Å². The van der Waals surface area contributed by atoms with E-state index in [2.05, 4.69) is 29.4 Å². The van der Waals surface area contributed by atoms with Gasteiger partial charge < -0.3 is 24.1 Å². The lowest BCUT2D eigenvalue weighted by Crippen LogP contribution is -2.15. The molecule has 32 heavy (non-hydrogen) atoms. The number of ether oxygens (including phenoxy) is 3. The summed E-state index contributed by atoms with van der Waals surface area (Å²) < 4.78 is 18.4. The number of rotatable bonds is 10. The highest BCUT2D eigenvalue weighted by atomic mass is 32.2.